The largest absolute Gasteiger partial charge is 0.487 e. The van der Waals surface area contributed by atoms with Crippen LogP contribution in [0.4, 0.5) is 5.69 Å². The molecule has 2 N–H and O–H groups in total. The molecular weight excluding hydrogens is 406 g/mol. The average Bonchev–Trinajstić information content (AvgIpc) is 3.28. The Morgan fingerprint density at radius 2 is 1.93 bits per heavy atom. The third kappa shape index (κ3) is 4.47. The number of carbonyl (C=O) groups is 2. The van der Waals surface area contributed by atoms with Crippen molar-refractivity contribution in [3.8, 4) is 5.75 Å². The molecule has 9 heteroatoms. The highest BCUT2D eigenvalue weighted by Gasteiger charge is 2.37. The fourth-order valence-corrected chi connectivity index (χ4v) is 5.13. The maximum Gasteiger partial charge on any atom is 0.302 e. The molecule has 0 spiro atoms. The van der Waals surface area contributed by atoms with Gasteiger partial charge in [-0.1, -0.05) is 36.4 Å². The van der Waals surface area contributed by atoms with E-state index in [1.165, 1.54) is 0 Å². The van der Waals surface area contributed by atoms with Gasteiger partial charge in [-0.2, -0.15) is 13.1 Å². The maximum absolute atomic E-state index is 12.5. The number of hydrogen-bond acceptors (Lipinski definition) is 5. The molecule has 2 unspecified atom stereocenters. The van der Waals surface area contributed by atoms with Crippen molar-refractivity contribution in [2.24, 2.45) is 0 Å². The van der Waals surface area contributed by atoms with Crippen molar-refractivity contribution >= 4 is 28.1 Å². The zero-order chi connectivity index (χ0) is 21.1. The lowest BCUT2D eigenvalue weighted by molar-refractivity contribution is -0.119. The average molecular weight is 429 g/mol. The molecule has 0 aliphatic carbocycles. The van der Waals surface area contributed by atoms with E-state index in [1.54, 1.807) is 6.07 Å². The summed E-state index contributed by atoms with van der Waals surface area (Å²) in [6.45, 7) is 0.279. The van der Waals surface area contributed by atoms with Crippen LogP contribution in [0.1, 0.15) is 24.0 Å². The van der Waals surface area contributed by atoms with Crippen molar-refractivity contribution in [1.82, 2.24) is 10.0 Å². The Balaban J connectivity index is 1.62. The molecule has 2 aliphatic heterocycles. The van der Waals surface area contributed by atoms with E-state index in [1.807, 2.05) is 42.5 Å². The Morgan fingerprint density at radius 3 is 2.60 bits per heavy atom. The minimum atomic E-state index is -3.83. The maximum atomic E-state index is 12.5. The van der Waals surface area contributed by atoms with Gasteiger partial charge in [0.25, 0.3) is 0 Å². The smallest absolute Gasteiger partial charge is 0.302 e. The van der Waals surface area contributed by atoms with Gasteiger partial charge in [-0.25, -0.2) is 0 Å². The van der Waals surface area contributed by atoms with E-state index >= 15 is 0 Å². The second kappa shape index (κ2) is 8.45. The van der Waals surface area contributed by atoms with E-state index < -0.39 is 16.3 Å². The molecular formula is C21H23N3O5S. The summed E-state index contributed by atoms with van der Waals surface area (Å²) < 4.78 is 34.5. The molecule has 2 aromatic rings. The Morgan fingerprint density at radius 1 is 1.13 bits per heavy atom. The van der Waals surface area contributed by atoms with Crippen molar-refractivity contribution in [3.05, 3.63) is 59.7 Å². The molecule has 2 aliphatic rings. The molecule has 0 saturated carbocycles. The van der Waals surface area contributed by atoms with Gasteiger partial charge in [0.2, 0.25) is 5.91 Å². The Bertz CT molecular complexity index is 1040. The van der Waals surface area contributed by atoms with Gasteiger partial charge in [-0.15, -0.1) is 0 Å². The molecule has 2 saturated heterocycles. The Hall–Kier alpha value is -2.91. The van der Waals surface area contributed by atoms with E-state index in [9.17, 15) is 18.0 Å². The van der Waals surface area contributed by atoms with Crippen LogP contribution in [-0.2, 0) is 32.8 Å². The van der Waals surface area contributed by atoms with Gasteiger partial charge in [0.15, 0.2) is 0 Å². The zero-order valence-corrected chi connectivity index (χ0v) is 17.1. The molecule has 0 bridgehead atoms. The number of aldehydes is 1. The first-order chi connectivity index (χ1) is 14.4. The van der Waals surface area contributed by atoms with Gasteiger partial charge in [-0.05, 0) is 36.1 Å². The van der Waals surface area contributed by atoms with Crippen molar-refractivity contribution in [2.75, 3.05) is 10.8 Å². The number of hydrogen-bond donors (Lipinski definition) is 2. The second-order valence-electron chi connectivity index (χ2n) is 7.48. The topological polar surface area (TPSA) is 105 Å². The first-order valence-corrected chi connectivity index (χ1v) is 11.2. The molecule has 158 valence electrons. The number of benzene rings is 2. The second-order valence-corrected chi connectivity index (χ2v) is 9.11. The highest BCUT2D eigenvalue weighted by Crippen LogP contribution is 2.34. The first kappa shape index (κ1) is 20.4. The van der Waals surface area contributed by atoms with Crippen LogP contribution in [0.15, 0.2) is 48.5 Å². The number of nitrogens with one attached hydrogen (secondary N) is 2. The number of carbonyl (C=O) groups excluding carboxylic acids is 2. The molecule has 1 amide bonds. The van der Waals surface area contributed by atoms with Crippen LogP contribution in [0.2, 0.25) is 0 Å². The summed E-state index contributed by atoms with van der Waals surface area (Å²) in [6, 6.07) is 14.2. The van der Waals surface area contributed by atoms with Gasteiger partial charge in [0.05, 0.1) is 18.3 Å². The minimum absolute atomic E-state index is 0.00552. The summed E-state index contributed by atoms with van der Waals surface area (Å²) in [5.41, 5.74) is 2.26. The van der Waals surface area contributed by atoms with Crippen LogP contribution in [0, 0.1) is 0 Å². The summed E-state index contributed by atoms with van der Waals surface area (Å²) in [6.07, 6.45) is 2.51. The Kier molecular flexibility index (Phi) is 5.74. The zero-order valence-electron chi connectivity index (χ0n) is 16.3. The molecule has 0 aromatic heterocycles. The normalized spacial score (nSPS) is 22.7. The van der Waals surface area contributed by atoms with Gasteiger partial charge in [0.1, 0.15) is 18.6 Å². The van der Waals surface area contributed by atoms with Crippen molar-refractivity contribution in [3.63, 3.8) is 0 Å². The van der Waals surface area contributed by atoms with Gasteiger partial charge in [0, 0.05) is 12.5 Å². The van der Waals surface area contributed by atoms with E-state index in [0.717, 1.165) is 21.9 Å². The molecule has 2 aromatic carbocycles. The Labute approximate surface area is 175 Å². The third-order valence-electron chi connectivity index (χ3n) is 5.21. The van der Waals surface area contributed by atoms with E-state index in [2.05, 4.69) is 10.0 Å². The molecule has 2 heterocycles. The molecule has 0 radical (unpaired) electrons. The van der Waals surface area contributed by atoms with Crippen molar-refractivity contribution in [1.29, 1.82) is 0 Å². The minimum Gasteiger partial charge on any atom is -0.487 e. The number of nitrogens with zero attached hydrogens (tertiary/aromatic N) is 1. The fraction of sp³-hybridized carbons (Fsp3) is 0.333. The van der Waals surface area contributed by atoms with Crippen molar-refractivity contribution in [2.45, 2.75) is 38.0 Å². The van der Waals surface area contributed by atoms with Crippen LogP contribution < -0.4 is 19.1 Å². The summed E-state index contributed by atoms with van der Waals surface area (Å²) in [5, 5.41) is 2.94. The monoisotopic (exact) mass is 429 g/mol. The molecule has 2 atom stereocenters. The molecule has 4 rings (SSSR count). The highest BCUT2D eigenvalue weighted by atomic mass is 32.2. The summed E-state index contributed by atoms with van der Waals surface area (Å²) >= 11 is 0. The predicted octanol–water partition coefficient (Wildman–Crippen LogP) is 1.31. The number of amides is 1. The highest BCUT2D eigenvalue weighted by molar-refractivity contribution is 7.91. The van der Waals surface area contributed by atoms with Crippen LogP contribution in [0.3, 0.4) is 0 Å². The van der Waals surface area contributed by atoms with E-state index in [0.29, 0.717) is 30.6 Å². The summed E-state index contributed by atoms with van der Waals surface area (Å²) in [4.78, 5) is 22.6. The van der Waals surface area contributed by atoms with Gasteiger partial charge in [-0.3, -0.25) is 9.10 Å². The number of anilines is 1. The standard InChI is InChI=1S/C21H23N3O5S/c25-13-18-12-24(30(27,28)23-18)19-8-6-16(10-17-7-9-21(26)22-17)11-20(19)29-14-15-4-2-1-3-5-15/h1-6,8,11,13,17-18,23H,7,9-10,12,14H2,(H,22,26). The predicted molar refractivity (Wildman–Crippen MR) is 111 cm³/mol. The third-order valence-corrected chi connectivity index (χ3v) is 6.74. The fourth-order valence-electron chi connectivity index (χ4n) is 3.73. The van der Waals surface area contributed by atoms with Crippen LogP contribution in [0.5, 0.6) is 5.75 Å². The number of rotatable bonds is 7. The van der Waals surface area contributed by atoms with E-state index in [-0.39, 0.29) is 25.1 Å². The van der Waals surface area contributed by atoms with E-state index in [4.69, 9.17) is 4.74 Å². The molecule has 2 fully saturated rings. The lowest BCUT2D eigenvalue weighted by atomic mass is 10.0. The summed E-state index contributed by atoms with van der Waals surface area (Å²) in [7, 11) is -3.83. The lowest BCUT2D eigenvalue weighted by Gasteiger charge is -2.21. The molecule has 8 nitrogen and oxygen atoms in total. The van der Waals surface area contributed by atoms with Crippen LogP contribution in [0.25, 0.3) is 0 Å². The van der Waals surface area contributed by atoms with Crippen LogP contribution >= 0.6 is 0 Å². The van der Waals surface area contributed by atoms with Gasteiger partial charge >= 0.3 is 10.2 Å². The van der Waals surface area contributed by atoms with Gasteiger partial charge < -0.3 is 14.8 Å². The summed E-state index contributed by atoms with van der Waals surface area (Å²) in [5.74, 6) is 0.462. The van der Waals surface area contributed by atoms with Crippen molar-refractivity contribution < 1.29 is 22.7 Å². The number of ether oxygens (including phenoxy) is 1. The lowest BCUT2D eigenvalue weighted by Crippen LogP contribution is -2.30. The molecule has 30 heavy (non-hydrogen) atoms. The van der Waals surface area contributed by atoms with Crippen LogP contribution in [-0.4, -0.2) is 39.2 Å². The SMILES string of the molecule is O=CC1CN(c2ccc(CC3CCC(=O)N3)cc2OCc2ccccc2)S(=O)(=O)N1. The first-order valence-electron chi connectivity index (χ1n) is 9.79. The quantitative estimate of drug-likeness (QED) is 0.646.